The SMILES string of the molecule is CCCCCCCCCC/C=C\CCCC(COC[C@@H](O)COP(=O)(O)OCCN)OC. The Morgan fingerprint density at radius 2 is 1.53 bits per heavy atom. The van der Waals surface area contributed by atoms with E-state index in [0.29, 0.717) is 6.61 Å². The molecule has 0 saturated carbocycles. The van der Waals surface area contributed by atoms with E-state index in [4.69, 9.17) is 19.7 Å². The van der Waals surface area contributed by atoms with E-state index in [1.807, 2.05) is 0 Å². The van der Waals surface area contributed by atoms with Gasteiger partial charge in [-0.2, -0.15) is 0 Å². The summed E-state index contributed by atoms with van der Waals surface area (Å²) in [6.07, 6.45) is 18.3. The Balaban J connectivity index is 3.66. The molecule has 0 amide bonds. The van der Waals surface area contributed by atoms with Gasteiger partial charge in [0.15, 0.2) is 0 Å². The van der Waals surface area contributed by atoms with E-state index in [2.05, 4.69) is 23.6 Å². The molecule has 0 aromatic carbocycles. The van der Waals surface area contributed by atoms with Crippen LogP contribution in [0.1, 0.15) is 84.0 Å². The van der Waals surface area contributed by atoms with Crippen molar-refractivity contribution in [3.63, 3.8) is 0 Å². The lowest BCUT2D eigenvalue weighted by Gasteiger charge is -2.18. The third kappa shape index (κ3) is 21.5. The Morgan fingerprint density at radius 3 is 2.16 bits per heavy atom. The van der Waals surface area contributed by atoms with E-state index < -0.39 is 13.9 Å². The van der Waals surface area contributed by atoms with Gasteiger partial charge in [0.05, 0.1) is 32.5 Å². The van der Waals surface area contributed by atoms with Crippen molar-refractivity contribution in [1.29, 1.82) is 0 Å². The lowest BCUT2D eigenvalue weighted by molar-refractivity contribution is -0.0384. The van der Waals surface area contributed by atoms with Gasteiger partial charge in [0.1, 0.15) is 6.10 Å². The van der Waals surface area contributed by atoms with Crippen LogP contribution in [0.5, 0.6) is 0 Å². The number of ether oxygens (including phenoxy) is 2. The smallest absolute Gasteiger partial charge is 0.388 e. The van der Waals surface area contributed by atoms with Crippen molar-refractivity contribution in [3.8, 4) is 0 Å². The summed E-state index contributed by atoms with van der Waals surface area (Å²) in [4.78, 5) is 9.37. The molecule has 0 fully saturated rings. The summed E-state index contributed by atoms with van der Waals surface area (Å²) in [5, 5.41) is 9.81. The highest BCUT2D eigenvalue weighted by Crippen LogP contribution is 2.42. The number of hydrogen-bond acceptors (Lipinski definition) is 7. The largest absolute Gasteiger partial charge is 0.472 e. The van der Waals surface area contributed by atoms with Gasteiger partial charge < -0.3 is 25.2 Å². The van der Waals surface area contributed by atoms with Gasteiger partial charge in [0.25, 0.3) is 0 Å². The van der Waals surface area contributed by atoms with Gasteiger partial charge in [-0.3, -0.25) is 9.05 Å². The number of aliphatic hydroxyl groups excluding tert-OH is 1. The zero-order valence-corrected chi connectivity index (χ0v) is 21.2. The summed E-state index contributed by atoms with van der Waals surface area (Å²) >= 11 is 0. The molecule has 32 heavy (non-hydrogen) atoms. The number of allylic oxidation sites excluding steroid dienone is 2. The molecule has 0 aromatic heterocycles. The average Bonchev–Trinajstić information content (AvgIpc) is 2.78. The first-order chi connectivity index (χ1) is 15.4. The third-order valence-electron chi connectivity index (χ3n) is 5.04. The minimum Gasteiger partial charge on any atom is -0.388 e. The molecule has 8 nitrogen and oxygen atoms in total. The minimum absolute atomic E-state index is 0.0186. The fourth-order valence-corrected chi connectivity index (χ4v) is 3.90. The molecule has 0 bridgehead atoms. The van der Waals surface area contributed by atoms with E-state index in [1.165, 1.54) is 51.4 Å². The standard InChI is InChI=1S/C23H48NO7P/c1-3-4-5-6-7-8-9-10-11-12-13-14-15-16-23(28-2)21-29-19-22(25)20-31-32(26,27)30-18-17-24/h12-13,22-23,25H,3-11,14-21,24H2,1-2H3,(H,26,27)/b13-12-/t22-,23?/m1/s1. The van der Waals surface area contributed by atoms with Gasteiger partial charge in [-0.25, -0.2) is 4.57 Å². The van der Waals surface area contributed by atoms with Gasteiger partial charge in [0.2, 0.25) is 0 Å². The topological polar surface area (TPSA) is 120 Å². The Labute approximate surface area is 195 Å². The maximum atomic E-state index is 11.5. The van der Waals surface area contributed by atoms with E-state index in [9.17, 15) is 14.6 Å². The van der Waals surface area contributed by atoms with Crippen molar-refractivity contribution < 1.29 is 33.1 Å². The van der Waals surface area contributed by atoms with Crippen LogP contribution in [-0.4, -0.2) is 62.3 Å². The molecule has 0 heterocycles. The summed E-state index contributed by atoms with van der Waals surface area (Å²) in [6.45, 7) is 2.23. The second-order valence-corrected chi connectivity index (χ2v) is 9.55. The molecule has 0 aliphatic carbocycles. The molecule has 0 aliphatic heterocycles. The van der Waals surface area contributed by atoms with Gasteiger partial charge in [-0.05, 0) is 32.1 Å². The number of phosphoric ester groups is 1. The van der Waals surface area contributed by atoms with Crippen LogP contribution in [0.2, 0.25) is 0 Å². The first kappa shape index (κ1) is 31.7. The van der Waals surface area contributed by atoms with Crippen molar-refractivity contribution in [2.45, 2.75) is 96.2 Å². The van der Waals surface area contributed by atoms with Crippen molar-refractivity contribution in [2.75, 3.05) is 40.1 Å². The van der Waals surface area contributed by atoms with Crippen molar-refractivity contribution in [1.82, 2.24) is 0 Å². The molecule has 0 rings (SSSR count). The Kier molecular flexibility index (Phi) is 22.3. The van der Waals surface area contributed by atoms with Gasteiger partial charge in [-0.1, -0.05) is 64.0 Å². The minimum atomic E-state index is -4.18. The number of aliphatic hydroxyl groups is 1. The first-order valence-corrected chi connectivity index (χ1v) is 13.7. The molecule has 0 saturated heterocycles. The molecular formula is C23H48NO7P. The van der Waals surface area contributed by atoms with Gasteiger partial charge in [0, 0.05) is 13.7 Å². The van der Waals surface area contributed by atoms with Crippen LogP contribution < -0.4 is 5.73 Å². The summed E-state index contributed by atoms with van der Waals surface area (Å²) in [5.41, 5.74) is 5.20. The predicted octanol–water partition coefficient (Wildman–Crippen LogP) is 4.73. The molecule has 3 atom stereocenters. The Hall–Kier alpha value is -0.310. The average molecular weight is 482 g/mol. The Morgan fingerprint density at radius 1 is 0.906 bits per heavy atom. The number of rotatable bonds is 24. The maximum absolute atomic E-state index is 11.5. The summed E-state index contributed by atoms with van der Waals surface area (Å²) in [6, 6.07) is 0. The van der Waals surface area contributed by atoms with Crippen LogP contribution in [-0.2, 0) is 23.1 Å². The second-order valence-electron chi connectivity index (χ2n) is 8.10. The highest BCUT2D eigenvalue weighted by atomic mass is 31.2. The predicted molar refractivity (Wildman–Crippen MR) is 129 cm³/mol. The zero-order chi connectivity index (χ0) is 23.9. The second kappa shape index (κ2) is 22.5. The first-order valence-electron chi connectivity index (χ1n) is 12.2. The number of phosphoric acid groups is 1. The molecule has 192 valence electrons. The molecule has 0 aromatic rings. The van der Waals surface area contributed by atoms with Crippen LogP contribution in [0.15, 0.2) is 12.2 Å². The van der Waals surface area contributed by atoms with Crippen molar-refractivity contribution >= 4 is 7.82 Å². The Bertz CT molecular complexity index is 479. The zero-order valence-electron chi connectivity index (χ0n) is 20.3. The number of nitrogens with two attached hydrogens (primary N) is 1. The highest BCUT2D eigenvalue weighted by molar-refractivity contribution is 7.47. The monoisotopic (exact) mass is 481 g/mol. The van der Waals surface area contributed by atoms with E-state index in [0.717, 1.165) is 25.7 Å². The van der Waals surface area contributed by atoms with Crippen LogP contribution in [0.3, 0.4) is 0 Å². The van der Waals surface area contributed by atoms with E-state index in [-0.39, 0.29) is 32.5 Å². The molecule has 0 spiro atoms. The van der Waals surface area contributed by atoms with Gasteiger partial charge >= 0.3 is 7.82 Å². The molecule has 0 aliphatic rings. The van der Waals surface area contributed by atoms with Crippen molar-refractivity contribution in [2.24, 2.45) is 5.73 Å². The number of methoxy groups -OCH3 is 1. The van der Waals surface area contributed by atoms with Crippen LogP contribution in [0.25, 0.3) is 0 Å². The molecule has 2 unspecified atom stereocenters. The molecule has 9 heteroatoms. The van der Waals surface area contributed by atoms with E-state index >= 15 is 0 Å². The lowest BCUT2D eigenvalue weighted by Crippen LogP contribution is -2.25. The van der Waals surface area contributed by atoms with Crippen LogP contribution in [0, 0.1) is 0 Å². The molecule has 4 N–H and O–H groups in total. The molecular weight excluding hydrogens is 433 g/mol. The summed E-state index contributed by atoms with van der Waals surface area (Å²) < 4.78 is 31.6. The highest BCUT2D eigenvalue weighted by Gasteiger charge is 2.22. The molecule has 0 radical (unpaired) electrons. The van der Waals surface area contributed by atoms with Crippen LogP contribution >= 0.6 is 7.82 Å². The number of unbranched alkanes of at least 4 members (excludes halogenated alkanes) is 9. The fourth-order valence-electron chi connectivity index (χ4n) is 3.13. The normalized spacial score (nSPS) is 15.8. The third-order valence-corrected chi connectivity index (χ3v) is 6.02. The van der Waals surface area contributed by atoms with Crippen LogP contribution in [0.4, 0.5) is 0 Å². The lowest BCUT2D eigenvalue weighted by atomic mass is 10.1. The fraction of sp³-hybridized carbons (Fsp3) is 0.913. The van der Waals surface area contributed by atoms with Crippen molar-refractivity contribution in [3.05, 3.63) is 12.2 Å². The maximum Gasteiger partial charge on any atom is 0.472 e. The quantitative estimate of drug-likeness (QED) is 0.103. The summed E-state index contributed by atoms with van der Waals surface area (Å²) in [5.74, 6) is 0. The summed E-state index contributed by atoms with van der Waals surface area (Å²) in [7, 11) is -2.54. The van der Waals surface area contributed by atoms with E-state index in [1.54, 1.807) is 7.11 Å². The van der Waals surface area contributed by atoms with Gasteiger partial charge in [-0.15, -0.1) is 0 Å². The number of hydrogen-bond donors (Lipinski definition) is 3.